The number of likely N-dealkylation sites (N-methyl/N-ethyl adjacent to an activating group) is 1. The van der Waals surface area contributed by atoms with Gasteiger partial charge in [0.05, 0.1) is 18.7 Å². The summed E-state index contributed by atoms with van der Waals surface area (Å²) in [4.78, 5) is 21.2. The molecule has 1 aliphatic heterocycles. The Kier molecular flexibility index (Phi) is 5.01. The summed E-state index contributed by atoms with van der Waals surface area (Å²) in [5.74, 6) is 1.34. The summed E-state index contributed by atoms with van der Waals surface area (Å²) in [5.41, 5.74) is 0.174. The highest BCUT2D eigenvalue weighted by atomic mass is 16.5. The number of rotatable bonds is 5. The van der Waals surface area contributed by atoms with E-state index in [-0.39, 0.29) is 11.4 Å². The molecule has 2 fully saturated rings. The topological polar surface area (TPSA) is 89.3 Å². The molecule has 0 aromatic carbocycles. The molecule has 3 heterocycles. The molecule has 1 atom stereocenters. The van der Waals surface area contributed by atoms with Crippen molar-refractivity contribution in [1.29, 1.82) is 0 Å². The van der Waals surface area contributed by atoms with Crippen molar-refractivity contribution in [3.05, 3.63) is 29.7 Å². The van der Waals surface area contributed by atoms with E-state index in [9.17, 15) is 4.79 Å². The second-order valence-electron chi connectivity index (χ2n) is 7.88. The van der Waals surface area contributed by atoms with E-state index >= 15 is 0 Å². The quantitative estimate of drug-likeness (QED) is 0.770. The molecule has 9 heteroatoms. The fraction of sp³-hybridized carbons (Fsp3) is 0.632. The Labute approximate surface area is 164 Å². The van der Waals surface area contributed by atoms with Crippen LogP contribution in [0.4, 0.5) is 0 Å². The van der Waals surface area contributed by atoms with Crippen molar-refractivity contribution < 1.29 is 9.53 Å². The van der Waals surface area contributed by atoms with Gasteiger partial charge in [-0.15, -0.1) is 5.10 Å². The Morgan fingerprint density at radius 2 is 2.07 bits per heavy atom. The van der Waals surface area contributed by atoms with Crippen molar-refractivity contribution in [2.45, 2.75) is 43.7 Å². The second kappa shape index (κ2) is 7.46. The van der Waals surface area contributed by atoms with Crippen LogP contribution in [0.3, 0.4) is 0 Å². The van der Waals surface area contributed by atoms with Crippen molar-refractivity contribution in [1.82, 2.24) is 35.0 Å². The fourth-order valence-corrected chi connectivity index (χ4v) is 4.42. The molecule has 0 N–H and O–H groups in total. The van der Waals surface area contributed by atoms with E-state index in [0.717, 1.165) is 25.1 Å². The minimum atomic E-state index is -0.387. The van der Waals surface area contributed by atoms with Gasteiger partial charge in [-0.2, -0.15) is 0 Å². The minimum Gasteiger partial charge on any atom is -0.481 e. The van der Waals surface area contributed by atoms with Crippen molar-refractivity contribution in [2.75, 3.05) is 34.3 Å². The fourth-order valence-electron chi connectivity index (χ4n) is 4.42. The highest BCUT2D eigenvalue weighted by Gasteiger charge is 2.48. The predicted octanol–water partition coefficient (Wildman–Crippen LogP) is 1.49. The van der Waals surface area contributed by atoms with Crippen molar-refractivity contribution >= 4 is 5.91 Å². The summed E-state index contributed by atoms with van der Waals surface area (Å²) in [5, 5.41) is 12.7. The number of ether oxygens (including phenoxy) is 1. The monoisotopic (exact) mass is 385 g/mol. The molecule has 4 rings (SSSR count). The van der Waals surface area contributed by atoms with Crippen LogP contribution in [-0.2, 0) is 5.54 Å². The van der Waals surface area contributed by atoms with Crippen LogP contribution in [-0.4, -0.2) is 75.2 Å². The Hall–Kier alpha value is -2.55. The predicted molar refractivity (Wildman–Crippen MR) is 102 cm³/mol. The SMILES string of the molecule is COc1ccc(C(=O)N2CCC(c3nnnn3C3CCCC3)(N(C)C)C2)cn1. The Balaban J connectivity index is 1.60. The van der Waals surface area contributed by atoms with E-state index in [2.05, 4.69) is 25.4 Å². The number of aromatic nitrogens is 5. The van der Waals surface area contributed by atoms with Crippen LogP contribution in [0.15, 0.2) is 18.3 Å². The van der Waals surface area contributed by atoms with Crippen LogP contribution in [0.2, 0.25) is 0 Å². The Morgan fingerprint density at radius 1 is 1.29 bits per heavy atom. The maximum atomic E-state index is 13.0. The molecule has 0 bridgehead atoms. The number of carbonyl (C=O) groups is 1. The summed E-state index contributed by atoms with van der Waals surface area (Å²) in [6.07, 6.45) is 7.02. The number of hydrogen-bond acceptors (Lipinski definition) is 7. The molecule has 1 aliphatic carbocycles. The molecule has 2 aliphatic rings. The molecule has 9 nitrogen and oxygen atoms in total. The Morgan fingerprint density at radius 3 is 2.71 bits per heavy atom. The number of tetrazole rings is 1. The van der Waals surface area contributed by atoms with Gasteiger partial charge in [0.25, 0.3) is 5.91 Å². The average Bonchev–Trinajstić information content (AvgIpc) is 3.47. The van der Waals surface area contributed by atoms with Gasteiger partial charge in [0.2, 0.25) is 5.88 Å². The van der Waals surface area contributed by atoms with Crippen LogP contribution < -0.4 is 4.74 Å². The first-order valence-corrected chi connectivity index (χ1v) is 9.80. The third-order valence-corrected chi connectivity index (χ3v) is 6.16. The van der Waals surface area contributed by atoms with Crippen LogP contribution in [0, 0.1) is 0 Å². The van der Waals surface area contributed by atoms with Crippen LogP contribution >= 0.6 is 0 Å². The lowest BCUT2D eigenvalue weighted by molar-refractivity contribution is 0.0737. The standard InChI is InChI=1S/C19H27N7O2/c1-24(2)19(18-21-22-23-26(18)15-6-4-5-7-15)10-11-25(13-19)17(27)14-8-9-16(28-3)20-12-14/h8-9,12,15H,4-7,10-11,13H2,1-3H3. The smallest absolute Gasteiger partial charge is 0.255 e. The summed E-state index contributed by atoms with van der Waals surface area (Å²) in [7, 11) is 5.64. The largest absolute Gasteiger partial charge is 0.481 e. The van der Waals surface area contributed by atoms with E-state index in [1.165, 1.54) is 12.8 Å². The van der Waals surface area contributed by atoms with E-state index in [1.807, 2.05) is 23.7 Å². The number of hydrogen-bond donors (Lipinski definition) is 0. The van der Waals surface area contributed by atoms with Crippen LogP contribution in [0.25, 0.3) is 0 Å². The Bertz CT molecular complexity index is 829. The first kappa shape index (κ1) is 18.8. The molecule has 1 saturated heterocycles. The number of amides is 1. The van der Waals surface area contributed by atoms with Gasteiger partial charge < -0.3 is 9.64 Å². The molecule has 28 heavy (non-hydrogen) atoms. The van der Waals surface area contributed by atoms with Gasteiger partial charge in [-0.05, 0) is 49.9 Å². The third kappa shape index (κ3) is 3.13. The first-order chi connectivity index (χ1) is 13.5. The second-order valence-corrected chi connectivity index (χ2v) is 7.88. The highest BCUT2D eigenvalue weighted by Crippen LogP contribution is 2.39. The first-order valence-electron chi connectivity index (χ1n) is 9.80. The molecule has 1 unspecified atom stereocenters. The van der Waals surface area contributed by atoms with Gasteiger partial charge >= 0.3 is 0 Å². The maximum absolute atomic E-state index is 13.0. The van der Waals surface area contributed by atoms with Gasteiger partial charge in [0.15, 0.2) is 5.82 Å². The van der Waals surface area contributed by atoms with Gasteiger partial charge in [0, 0.05) is 25.4 Å². The van der Waals surface area contributed by atoms with E-state index in [1.54, 1.807) is 25.4 Å². The average molecular weight is 385 g/mol. The molecule has 0 spiro atoms. The van der Waals surface area contributed by atoms with Crippen LogP contribution in [0.5, 0.6) is 5.88 Å². The summed E-state index contributed by atoms with van der Waals surface area (Å²) in [6.45, 7) is 1.21. The lowest BCUT2D eigenvalue weighted by atomic mass is 9.95. The minimum absolute atomic E-state index is 0.0289. The summed E-state index contributed by atoms with van der Waals surface area (Å²) < 4.78 is 7.09. The number of likely N-dealkylation sites (tertiary alicyclic amines) is 1. The summed E-state index contributed by atoms with van der Waals surface area (Å²) in [6, 6.07) is 3.83. The third-order valence-electron chi connectivity index (χ3n) is 6.16. The zero-order valence-corrected chi connectivity index (χ0v) is 16.7. The molecule has 150 valence electrons. The number of methoxy groups -OCH3 is 1. The van der Waals surface area contributed by atoms with Crippen molar-refractivity contribution in [2.24, 2.45) is 0 Å². The van der Waals surface area contributed by atoms with Gasteiger partial charge in [-0.3, -0.25) is 9.69 Å². The lowest BCUT2D eigenvalue weighted by Gasteiger charge is -2.35. The normalized spacial score (nSPS) is 22.9. The molecular weight excluding hydrogens is 358 g/mol. The zero-order valence-electron chi connectivity index (χ0n) is 16.7. The number of nitrogens with zero attached hydrogens (tertiary/aromatic N) is 7. The van der Waals surface area contributed by atoms with Gasteiger partial charge in [0.1, 0.15) is 5.54 Å². The summed E-state index contributed by atoms with van der Waals surface area (Å²) >= 11 is 0. The van der Waals surface area contributed by atoms with Gasteiger partial charge in [-0.1, -0.05) is 12.8 Å². The van der Waals surface area contributed by atoms with Crippen molar-refractivity contribution in [3.63, 3.8) is 0 Å². The van der Waals surface area contributed by atoms with Crippen molar-refractivity contribution in [3.8, 4) is 5.88 Å². The number of pyridine rings is 1. The van der Waals surface area contributed by atoms with Gasteiger partial charge in [-0.25, -0.2) is 9.67 Å². The molecular formula is C19H27N7O2. The molecule has 1 saturated carbocycles. The van der Waals surface area contributed by atoms with E-state index in [0.29, 0.717) is 30.6 Å². The molecule has 2 aromatic heterocycles. The molecule has 0 radical (unpaired) electrons. The van der Waals surface area contributed by atoms with E-state index < -0.39 is 0 Å². The van der Waals surface area contributed by atoms with Crippen LogP contribution in [0.1, 0.15) is 54.3 Å². The number of carbonyl (C=O) groups excluding carboxylic acids is 1. The van der Waals surface area contributed by atoms with E-state index in [4.69, 9.17) is 4.74 Å². The molecule has 1 amide bonds. The highest BCUT2D eigenvalue weighted by molar-refractivity contribution is 5.94. The zero-order chi connectivity index (χ0) is 19.7. The maximum Gasteiger partial charge on any atom is 0.255 e. The molecule has 2 aromatic rings. The lowest BCUT2D eigenvalue weighted by Crippen LogP contribution is -2.47.